The van der Waals surface area contributed by atoms with Crippen molar-refractivity contribution < 1.29 is 9.59 Å². The third kappa shape index (κ3) is 5.96. The van der Waals surface area contributed by atoms with Gasteiger partial charge in [0.15, 0.2) is 5.16 Å². The number of amides is 2. The molecule has 0 radical (unpaired) electrons. The van der Waals surface area contributed by atoms with Gasteiger partial charge in [-0.15, -0.1) is 10.2 Å². The van der Waals surface area contributed by atoms with Gasteiger partial charge in [0.2, 0.25) is 5.91 Å². The Hall–Kier alpha value is -3.91. The minimum Gasteiger partial charge on any atom is -0.345 e. The molecule has 4 rings (SSSR count). The molecule has 1 aromatic heterocycles. The summed E-state index contributed by atoms with van der Waals surface area (Å²) in [5.74, 6) is -0.361. The molecule has 0 aliphatic heterocycles. The van der Waals surface area contributed by atoms with Crippen molar-refractivity contribution in [2.45, 2.75) is 32.0 Å². The maximum atomic E-state index is 12.9. The van der Waals surface area contributed by atoms with Gasteiger partial charge in [-0.05, 0) is 61.7 Å². The fraction of sp³-hybridized carbons (Fsp3) is 0.185. The second kappa shape index (κ2) is 11.0. The van der Waals surface area contributed by atoms with Crippen LogP contribution in [-0.2, 0) is 4.79 Å². The molecular formula is C27H27N5O2S. The highest BCUT2D eigenvalue weighted by molar-refractivity contribution is 7.99. The molecule has 3 aromatic carbocycles. The molecule has 0 bridgehead atoms. The monoisotopic (exact) mass is 485 g/mol. The summed E-state index contributed by atoms with van der Waals surface area (Å²) in [4.78, 5) is 25.7. The van der Waals surface area contributed by atoms with Crippen LogP contribution in [-0.4, -0.2) is 32.3 Å². The Morgan fingerprint density at radius 3 is 2.49 bits per heavy atom. The van der Waals surface area contributed by atoms with Crippen LogP contribution in [0.5, 0.6) is 0 Å². The molecule has 1 atom stereocenters. The Morgan fingerprint density at radius 1 is 0.971 bits per heavy atom. The molecule has 178 valence electrons. The standard InChI is InChI=1S/C27H27N5O2S/c1-18-13-14-22(15-19(18)2)32-17-28-31-27(32)35-16-25(33)30-24-12-8-7-11-23(24)26(34)29-20(3)21-9-5-4-6-10-21/h4-15,17,20H,16H2,1-3H3,(H,29,34)(H,30,33). The van der Waals surface area contributed by atoms with Crippen LogP contribution in [0.4, 0.5) is 5.69 Å². The average Bonchev–Trinajstić information content (AvgIpc) is 3.34. The van der Waals surface area contributed by atoms with Crippen molar-refractivity contribution in [3.05, 3.63) is 101 Å². The fourth-order valence-corrected chi connectivity index (χ4v) is 4.31. The minimum absolute atomic E-state index is 0.125. The van der Waals surface area contributed by atoms with Crippen molar-refractivity contribution in [2.24, 2.45) is 0 Å². The SMILES string of the molecule is Cc1ccc(-n2cnnc2SCC(=O)Nc2ccccc2C(=O)NC(C)c2ccccc2)cc1C. The number of anilines is 1. The van der Waals surface area contributed by atoms with Crippen molar-refractivity contribution in [1.29, 1.82) is 0 Å². The molecule has 2 N–H and O–H groups in total. The number of benzene rings is 3. The molecule has 0 aliphatic rings. The lowest BCUT2D eigenvalue weighted by molar-refractivity contribution is -0.113. The number of rotatable bonds is 8. The summed E-state index contributed by atoms with van der Waals surface area (Å²) >= 11 is 1.28. The number of aromatic nitrogens is 3. The summed E-state index contributed by atoms with van der Waals surface area (Å²) in [6.07, 6.45) is 1.64. The summed E-state index contributed by atoms with van der Waals surface area (Å²) in [6.45, 7) is 6.04. The molecule has 8 heteroatoms. The molecule has 4 aromatic rings. The lowest BCUT2D eigenvalue weighted by Gasteiger charge is -2.16. The smallest absolute Gasteiger partial charge is 0.253 e. The van der Waals surface area contributed by atoms with Crippen molar-refractivity contribution in [3.8, 4) is 5.69 Å². The summed E-state index contributed by atoms with van der Waals surface area (Å²) in [6, 6.07) is 22.7. The second-order valence-corrected chi connectivity index (χ2v) is 9.18. The van der Waals surface area contributed by atoms with Crippen LogP contribution in [0.2, 0.25) is 0 Å². The first-order valence-electron chi connectivity index (χ1n) is 11.3. The number of carbonyl (C=O) groups is 2. The first kappa shape index (κ1) is 24.2. The van der Waals surface area contributed by atoms with Gasteiger partial charge in [0, 0.05) is 5.69 Å². The molecule has 7 nitrogen and oxygen atoms in total. The Balaban J connectivity index is 1.40. The Morgan fingerprint density at radius 2 is 1.71 bits per heavy atom. The maximum Gasteiger partial charge on any atom is 0.253 e. The highest BCUT2D eigenvalue weighted by Crippen LogP contribution is 2.23. The summed E-state index contributed by atoms with van der Waals surface area (Å²) in [7, 11) is 0. The van der Waals surface area contributed by atoms with Gasteiger partial charge in [-0.1, -0.05) is 60.3 Å². The van der Waals surface area contributed by atoms with Crippen LogP contribution in [0.1, 0.15) is 40.0 Å². The van der Waals surface area contributed by atoms with Gasteiger partial charge in [0.05, 0.1) is 23.0 Å². The van der Waals surface area contributed by atoms with Crippen LogP contribution >= 0.6 is 11.8 Å². The molecule has 35 heavy (non-hydrogen) atoms. The van der Waals surface area contributed by atoms with Gasteiger partial charge in [-0.3, -0.25) is 14.2 Å². The molecule has 0 spiro atoms. The number of hydrogen-bond acceptors (Lipinski definition) is 5. The number of thioether (sulfide) groups is 1. The first-order valence-corrected chi connectivity index (χ1v) is 12.3. The number of hydrogen-bond donors (Lipinski definition) is 2. The predicted octanol–water partition coefficient (Wildman–Crippen LogP) is 5.11. The zero-order valence-corrected chi connectivity index (χ0v) is 20.7. The van der Waals surface area contributed by atoms with Crippen LogP contribution in [0.3, 0.4) is 0 Å². The predicted molar refractivity (Wildman–Crippen MR) is 139 cm³/mol. The number of para-hydroxylation sites is 1. The highest BCUT2D eigenvalue weighted by atomic mass is 32.2. The van der Waals surface area contributed by atoms with Gasteiger partial charge < -0.3 is 10.6 Å². The Labute approximate surface area is 209 Å². The molecule has 1 heterocycles. The molecule has 2 amide bonds. The van der Waals surface area contributed by atoms with E-state index < -0.39 is 0 Å². The van der Waals surface area contributed by atoms with E-state index in [0.717, 1.165) is 11.3 Å². The van der Waals surface area contributed by atoms with Gasteiger partial charge in [-0.2, -0.15) is 0 Å². The van der Waals surface area contributed by atoms with E-state index in [1.54, 1.807) is 30.6 Å². The summed E-state index contributed by atoms with van der Waals surface area (Å²) in [5.41, 5.74) is 5.19. The Kier molecular flexibility index (Phi) is 7.62. The number of aryl methyl sites for hydroxylation is 2. The van der Waals surface area contributed by atoms with E-state index in [4.69, 9.17) is 0 Å². The molecular weight excluding hydrogens is 458 g/mol. The van der Waals surface area contributed by atoms with E-state index in [9.17, 15) is 9.59 Å². The molecule has 0 fully saturated rings. The maximum absolute atomic E-state index is 12.9. The average molecular weight is 486 g/mol. The number of carbonyl (C=O) groups excluding carboxylic acids is 2. The molecule has 0 saturated carbocycles. The molecule has 0 saturated heterocycles. The highest BCUT2D eigenvalue weighted by Gasteiger charge is 2.17. The lowest BCUT2D eigenvalue weighted by Crippen LogP contribution is -2.28. The van der Waals surface area contributed by atoms with Crippen molar-refractivity contribution >= 4 is 29.3 Å². The van der Waals surface area contributed by atoms with Gasteiger partial charge >= 0.3 is 0 Å². The van der Waals surface area contributed by atoms with Crippen LogP contribution in [0.15, 0.2) is 84.3 Å². The van der Waals surface area contributed by atoms with Crippen LogP contribution in [0, 0.1) is 13.8 Å². The van der Waals surface area contributed by atoms with E-state index in [1.165, 1.54) is 22.9 Å². The van der Waals surface area contributed by atoms with E-state index in [0.29, 0.717) is 16.4 Å². The first-order chi connectivity index (χ1) is 16.9. The van der Waals surface area contributed by atoms with Gasteiger partial charge in [0.25, 0.3) is 5.91 Å². The van der Waals surface area contributed by atoms with Crippen molar-refractivity contribution in [2.75, 3.05) is 11.1 Å². The largest absolute Gasteiger partial charge is 0.345 e. The van der Waals surface area contributed by atoms with Crippen molar-refractivity contribution in [1.82, 2.24) is 20.1 Å². The third-order valence-corrected chi connectivity index (χ3v) is 6.65. The molecule has 0 aliphatic carbocycles. The minimum atomic E-state index is -0.251. The van der Waals surface area contributed by atoms with E-state index in [1.807, 2.05) is 54.0 Å². The van der Waals surface area contributed by atoms with Crippen molar-refractivity contribution in [3.63, 3.8) is 0 Å². The number of nitrogens with zero attached hydrogens (tertiary/aromatic N) is 3. The summed E-state index contributed by atoms with van der Waals surface area (Å²) < 4.78 is 1.86. The quantitative estimate of drug-likeness (QED) is 0.339. The topological polar surface area (TPSA) is 88.9 Å². The number of nitrogens with one attached hydrogen (secondary N) is 2. The van der Waals surface area contributed by atoms with E-state index in [2.05, 4.69) is 40.7 Å². The lowest BCUT2D eigenvalue weighted by atomic mass is 10.1. The molecule has 1 unspecified atom stereocenters. The van der Waals surface area contributed by atoms with Crippen LogP contribution in [0.25, 0.3) is 5.69 Å². The Bertz CT molecular complexity index is 1340. The zero-order chi connectivity index (χ0) is 24.8. The van der Waals surface area contributed by atoms with E-state index >= 15 is 0 Å². The normalized spacial score (nSPS) is 11.6. The fourth-order valence-electron chi connectivity index (χ4n) is 3.58. The van der Waals surface area contributed by atoms with Gasteiger partial charge in [0.1, 0.15) is 6.33 Å². The van der Waals surface area contributed by atoms with Crippen LogP contribution < -0.4 is 10.6 Å². The van der Waals surface area contributed by atoms with Gasteiger partial charge in [-0.25, -0.2) is 0 Å². The summed E-state index contributed by atoms with van der Waals surface area (Å²) in [5, 5.41) is 14.7. The van der Waals surface area contributed by atoms with E-state index in [-0.39, 0.29) is 23.6 Å². The third-order valence-electron chi connectivity index (χ3n) is 5.71. The zero-order valence-electron chi connectivity index (χ0n) is 19.9. The second-order valence-electron chi connectivity index (χ2n) is 8.24.